The summed E-state index contributed by atoms with van der Waals surface area (Å²) in [7, 11) is 0. The van der Waals surface area contributed by atoms with Crippen LogP contribution in [-0.4, -0.2) is 29.0 Å². The van der Waals surface area contributed by atoms with Crippen LogP contribution >= 0.6 is 0 Å². The van der Waals surface area contributed by atoms with Gasteiger partial charge in [-0.25, -0.2) is 13.2 Å². The SMILES string of the molecule is Cc1ccc(Nc2ccc(F)c(C3(C)N=C(N)COC(C)(C)C3(F)F)c2)cn1. The Morgan fingerprint density at radius 2 is 1.79 bits per heavy atom. The summed E-state index contributed by atoms with van der Waals surface area (Å²) in [4.78, 5) is 8.16. The molecule has 8 heteroatoms. The van der Waals surface area contributed by atoms with Crippen molar-refractivity contribution in [3.63, 3.8) is 0 Å². The number of ether oxygens (including phenoxy) is 1. The van der Waals surface area contributed by atoms with Crippen LogP contribution in [0.4, 0.5) is 24.5 Å². The number of rotatable bonds is 3. The lowest BCUT2D eigenvalue weighted by Gasteiger charge is -2.42. The maximum Gasteiger partial charge on any atom is 0.304 e. The van der Waals surface area contributed by atoms with Gasteiger partial charge in [-0.3, -0.25) is 9.98 Å². The van der Waals surface area contributed by atoms with Gasteiger partial charge in [0.1, 0.15) is 23.9 Å². The molecule has 1 aliphatic rings. The summed E-state index contributed by atoms with van der Waals surface area (Å²) in [6.07, 6.45) is 1.60. The Labute approximate surface area is 161 Å². The van der Waals surface area contributed by atoms with Gasteiger partial charge in [-0.2, -0.15) is 0 Å². The molecule has 150 valence electrons. The highest BCUT2D eigenvalue weighted by Crippen LogP contribution is 2.50. The van der Waals surface area contributed by atoms with Crippen LogP contribution in [0, 0.1) is 12.7 Å². The highest BCUT2D eigenvalue weighted by atomic mass is 19.3. The van der Waals surface area contributed by atoms with E-state index in [1.54, 1.807) is 18.3 Å². The number of hydrogen-bond donors (Lipinski definition) is 2. The summed E-state index contributed by atoms with van der Waals surface area (Å²) in [5.41, 5.74) is 3.25. The zero-order valence-corrected chi connectivity index (χ0v) is 16.2. The van der Waals surface area contributed by atoms with Crippen LogP contribution in [0.1, 0.15) is 32.0 Å². The smallest absolute Gasteiger partial charge is 0.304 e. The molecule has 2 heterocycles. The van der Waals surface area contributed by atoms with Crippen molar-refractivity contribution in [3.8, 4) is 0 Å². The number of nitrogens with two attached hydrogens (primary N) is 1. The van der Waals surface area contributed by atoms with Crippen LogP contribution in [0.25, 0.3) is 0 Å². The number of benzene rings is 1. The highest BCUT2D eigenvalue weighted by molar-refractivity contribution is 5.82. The fraction of sp³-hybridized carbons (Fsp3) is 0.400. The Kier molecular flexibility index (Phi) is 4.87. The zero-order chi connectivity index (χ0) is 20.7. The summed E-state index contributed by atoms with van der Waals surface area (Å²) in [6, 6.07) is 7.51. The van der Waals surface area contributed by atoms with Gasteiger partial charge < -0.3 is 15.8 Å². The first-order chi connectivity index (χ1) is 13.0. The molecule has 2 aromatic rings. The van der Waals surface area contributed by atoms with E-state index in [1.807, 2.05) is 6.92 Å². The topological polar surface area (TPSA) is 72.5 Å². The minimum Gasteiger partial charge on any atom is -0.385 e. The van der Waals surface area contributed by atoms with Crippen molar-refractivity contribution in [3.05, 3.63) is 53.6 Å². The van der Waals surface area contributed by atoms with Gasteiger partial charge in [0.15, 0.2) is 5.54 Å². The molecule has 0 radical (unpaired) electrons. The number of amidine groups is 1. The first-order valence-electron chi connectivity index (χ1n) is 8.82. The second-order valence-electron chi connectivity index (χ2n) is 7.56. The summed E-state index contributed by atoms with van der Waals surface area (Å²) in [5, 5.41) is 3.04. The maximum absolute atomic E-state index is 15.4. The Morgan fingerprint density at radius 3 is 2.43 bits per heavy atom. The highest BCUT2D eigenvalue weighted by Gasteiger charge is 2.63. The molecule has 0 aliphatic carbocycles. The van der Waals surface area contributed by atoms with Crippen molar-refractivity contribution in [1.29, 1.82) is 0 Å². The van der Waals surface area contributed by atoms with Gasteiger partial charge in [0, 0.05) is 16.9 Å². The summed E-state index contributed by atoms with van der Waals surface area (Å²) in [6.45, 7) is 5.26. The second kappa shape index (κ2) is 6.77. The number of halogens is 3. The standard InChI is InChI=1S/C20H23F3N4O/c1-12-5-6-14(10-25-12)26-13-7-8-16(21)15(9-13)19(4)20(22,23)18(2,3)28-11-17(24)27-19/h5-10,26H,11H2,1-4H3,(H2,24,27). The van der Waals surface area contributed by atoms with Gasteiger partial charge in [0.05, 0.1) is 11.9 Å². The molecule has 0 saturated heterocycles. The van der Waals surface area contributed by atoms with E-state index in [-0.39, 0.29) is 18.0 Å². The van der Waals surface area contributed by atoms with Crippen LogP contribution in [-0.2, 0) is 10.3 Å². The minimum atomic E-state index is -3.54. The molecule has 28 heavy (non-hydrogen) atoms. The normalized spacial score (nSPS) is 23.6. The molecule has 1 atom stereocenters. The van der Waals surface area contributed by atoms with Crippen molar-refractivity contribution in [2.24, 2.45) is 10.7 Å². The summed E-state index contributed by atoms with van der Waals surface area (Å²) in [5.74, 6) is -4.45. The molecule has 0 bridgehead atoms. The van der Waals surface area contributed by atoms with E-state index in [9.17, 15) is 4.39 Å². The molecule has 1 aliphatic heterocycles. The Hall–Kier alpha value is -2.61. The largest absolute Gasteiger partial charge is 0.385 e. The average Bonchev–Trinajstić information content (AvgIpc) is 2.68. The predicted molar refractivity (Wildman–Crippen MR) is 103 cm³/mol. The van der Waals surface area contributed by atoms with Gasteiger partial charge in [0.2, 0.25) is 0 Å². The third kappa shape index (κ3) is 3.32. The molecular weight excluding hydrogens is 369 g/mol. The van der Waals surface area contributed by atoms with Gasteiger partial charge in [-0.05, 0) is 58.0 Å². The number of aromatic nitrogens is 1. The first-order valence-corrected chi connectivity index (χ1v) is 8.82. The molecule has 1 aromatic carbocycles. The number of nitrogens with one attached hydrogen (secondary N) is 1. The predicted octanol–water partition coefficient (Wildman–Crippen LogP) is 4.29. The van der Waals surface area contributed by atoms with E-state index in [0.717, 1.165) is 11.8 Å². The van der Waals surface area contributed by atoms with Crippen molar-refractivity contribution in [2.75, 3.05) is 11.9 Å². The lowest BCUT2D eigenvalue weighted by molar-refractivity contribution is -0.214. The van der Waals surface area contributed by atoms with Crippen molar-refractivity contribution in [1.82, 2.24) is 4.98 Å². The van der Waals surface area contributed by atoms with Crippen LogP contribution < -0.4 is 11.1 Å². The molecule has 0 amide bonds. The van der Waals surface area contributed by atoms with Crippen molar-refractivity contribution < 1.29 is 17.9 Å². The molecular formula is C20H23F3N4O. The van der Waals surface area contributed by atoms with E-state index in [1.165, 1.54) is 32.9 Å². The number of alkyl halides is 2. The van der Waals surface area contributed by atoms with E-state index < -0.39 is 22.9 Å². The second-order valence-corrected chi connectivity index (χ2v) is 7.56. The van der Waals surface area contributed by atoms with Gasteiger partial charge in [-0.15, -0.1) is 0 Å². The van der Waals surface area contributed by atoms with Crippen LogP contribution in [0.5, 0.6) is 0 Å². The molecule has 5 nitrogen and oxygen atoms in total. The average molecular weight is 392 g/mol. The maximum atomic E-state index is 15.4. The van der Waals surface area contributed by atoms with Crippen LogP contribution in [0.2, 0.25) is 0 Å². The van der Waals surface area contributed by atoms with Gasteiger partial charge in [0.25, 0.3) is 0 Å². The van der Waals surface area contributed by atoms with Crippen molar-refractivity contribution in [2.45, 2.75) is 44.8 Å². The number of aryl methyl sites for hydroxylation is 1. The minimum absolute atomic E-state index is 0.117. The lowest BCUT2D eigenvalue weighted by Crippen LogP contribution is -2.56. The molecule has 0 spiro atoms. The molecule has 1 aromatic heterocycles. The van der Waals surface area contributed by atoms with Gasteiger partial charge >= 0.3 is 5.92 Å². The molecule has 3 rings (SSSR count). The van der Waals surface area contributed by atoms with Crippen LogP contribution in [0.3, 0.4) is 0 Å². The monoisotopic (exact) mass is 392 g/mol. The third-order valence-corrected chi connectivity index (χ3v) is 5.01. The van der Waals surface area contributed by atoms with Crippen molar-refractivity contribution >= 4 is 17.2 Å². The molecule has 0 fully saturated rings. The Bertz CT molecular complexity index is 912. The quantitative estimate of drug-likeness (QED) is 0.817. The summed E-state index contributed by atoms with van der Waals surface area (Å²) >= 11 is 0. The Balaban J connectivity index is 2.10. The van der Waals surface area contributed by atoms with E-state index in [2.05, 4.69) is 15.3 Å². The zero-order valence-electron chi connectivity index (χ0n) is 16.2. The molecule has 3 N–H and O–H groups in total. The number of aliphatic imine (C=N–C) groups is 1. The summed E-state index contributed by atoms with van der Waals surface area (Å²) < 4.78 is 50.9. The fourth-order valence-corrected chi connectivity index (χ4v) is 3.23. The third-order valence-electron chi connectivity index (χ3n) is 5.01. The van der Waals surface area contributed by atoms with E-state index in [4.69, 9.17) is 10.5 Å². The van der Waals surface area contributed by atoms with E-state index >= 15 is 8.78 Å². The molecule has 0 saturated carbocycles. The van der Waals surface area contributed by atoms with Gasteiger partial charge in [-0.1, -0.05) is 0 Å². The fourth-order valence-electron chi connectivity index (χ4n) is 3.23. The number of anilines is 2. The Morgan fingerprint density at radius 1 is 1.11 bits per heavy atom. The van der Waals surface area contributed by atoms with E-state index in [0.29, 0.717) is 11.4 Å². The number of hydrogen-bond acceptors (Lipinski definition) is 5. The number of pyridine rings is 1. The van der Waals surface area contributed by atoms with Crippen LogP contribution in [0.15, 0.2) is 41.5 Å². The first kappa shape index (κ1) is 20.1. The lowest BCUT2D eigenvalue weighted by atomic mass is 9.78. The number of nitrogens with zero attached hydrogens (tertiary/aromatic N) is 2. The molecule has 1 unspecified atom stereocenters.